The molecule has 54 heavy (non-hydrogen) atoms. The van der Waals surface area contributed by atoms with E-state index in [2.05, 4.69) is 228 Å². The van der Waals surface area contributed by atoms with Crippen LogP contribution in [0.1, 0.15) is 0 Å². The van der Waals surface area contributed by atoms with E-state index in [1.54, 1.807) is 0 Å². The Morgan fingerprint density at radius 1 is 0.278 bits per heavy atom. The molecule has 254 valence electrons. The first-order chi connectivity index (χ1) is 26.8. The van der Waals surface area contributed by atoms with Gasteiger partial charge in [0.2, 0.25) is 0 Å². The number of rotatable bonds is 7. The molecular formula is C52H36N2. The molecule has 2 heteroatoms. The zero-order valence-electron chi connectivity index (χ0n) is 29.7. The Labute approximate surface area is 315 Å². The summed E-state index contributed by atoms with van der Waals surface area (Å²) in [6.45, 7) is 0. The molecule has 0 N–H and O–H groups in total. The van der Waals surface area contributed by atoms with Crippen molar-refractivity contribution in [2.75, 3.05) is 4.90 Å². The fourth-order valence-electron chi connectivity index (χ4n) is 7.88. The number of benzene rings is 9. The Hall–Kier alpha value is -7.16. The summed E-state index contributed by atoms with van der Waals surface area (Å²) in [4.78, 5) is 2.35. The third-order valence-electron chi connectivity index (χ3n) is 10.6. The minimum atomic E-state index is 1.10. The van der Waals surface area contributed by atoms with E-state index in [0.29, 0.717) is 0 Å². The smallest absolute Gasteiger partial charge is 0.0547 e. The van der Waals surface area contributed by atoms with Crippen LogP contribution in [-0.4, -0.2) is 4.57 Å². The lowest BCUT2D eigenvalue weighted by molar-refractivity contribution is 1.18. The van der Waals surface area contributed by atoms with E-state index in [1.165, 1.54) is 66.0 Å². The van der Waals surface area contributed by atoms with Gasteiger partial charge in [0.25, 0.3) is 0 Å². The topological polar surface area (TPSA) is 8.17 Å². The molecule has 0 radical (unpaired) electrons. The van der Waals surface area contributed by atoms with Crippen molar-refractivity contribution in [3.05, 3.63) is 218 Å². The van der Waals surface area contributed by atoms with Gasteiger partial charge >= 0.3 is 0 Å². The monoisotopic (exact) mass is 688 g/mol. The third-order valence-corrected chi connectivity index (χ3v) is 10.6. The summed E-state index contributed by atoms with van der Waals surface area (Å²) in [5, 5.41) is 5.06. The van der Waals surface area contributed by atoms with Crippen molar-refractivity contribution in [3.63, 3.8) is 0 Å². The first-order valence-electron chi connectivity index (χ1n) is 18.5. The second kappa shape index (κ2) is 13.4. The minimum Gasteiger partial charge on any atom is -0.310 e. The van der Waals surface area contributed by atoms with Gasteiger partial charge in [-0.15, -0.1) is 0 Å². The molecule has 0 saturated heterocycles. The molecule has 0 aliphatic heterocycles. The van der Waals surface area contributed by atoms with Gasteiger partial charge in [-0.3, -0.25) is 0 Å². The summed E-state index contributed by atoms with van der Waals surface area (Å²) in [6, 6.07) is 78.8. The number of anilines is 3. The van der Waals surface area contributed by atoms with Crippen LogP contribution >= 0.6 is 0 Å². The fourth-order valence-corrected chi connectivity index (χ4v) is 7.88. The lowest BCUT2D eigenvalue weighted by Gasteiger charge is -2.26. The summed E-state index contributed by atoms with van der Waals surface area (Å²) in [5.41, 5.74) is 14.1. The van der Waals surface area contributed by atoms with Crippen molar-refractivity contribution in [2.45, 2.75) is 0 Å². The molecule has 0 aliphatic rings. The van der Waals surface area contributed by atoms with E-state index in [-0.39, 0.29) is 0 Å². The average molecular weight is 689 g/mol. The molecule has 0 aliphatic carbocycles. The van der Waals surface area contributed by atoms with Crippen LogP contribution in [0, 0.1) is 0 Å². The Balaban J connectivity index is 1.01. The molecule has 0 bridgehead atoms. The van der Waals surface area contributed by atoms with E-state index < -0.39 is 0 Å². The fraction of sp³-hybridized carbons (Fsp3) is 0. The van der Waals surface area contributed by atoms with Crippen molar-refractivity contribution in [2.24, 2.45) is 0 Å². The van der Waals surface area contributed by atoms with Gasteiger partial charge in [0, 0.05) is 33.5 Å². The first-order valence-corrected chi connectivity index (χ1v) is 18.5. The second-order valence-electron chi connectivity index (χ2n) is 13.8. The van der Waals surface area contributed by atoms with Gasteiger partial charge in [0.1, 0.15) is 0 Å². The van der Waals surface area contributed by atoms with Crippen LogP contribution in [0.3, 0.4) is 0 Å². The van der Waals surface area contributed by atoms with Crippen LogP contribution in [0.4, 0.5) is 17.1 Å². The van der Waals surface area contributed by atoms with Crippen LogP contribution < -0.4 is 4.90 Å². The van der Waals surface area contributed by atoms with Crippen molar-refractivity contribution in [1.82, 2.24) is 4.57 Å². The maximum atomic E-state index is 2.40. The molecule has 1 aromatic heterocycles. The van der Waals surface area contributed by atoms with Gasteiger partial charge in [0.05, 0.1) is 11.0 Å². The van der Waals surface area contributed by atoms with E-state index in [4.69, 9.17) is 0 Å². The average Bonchev–Trinajstić information content (AvgIpc) is 3.57. The molecule has 0 spiro atoms. The number of hydrogen-bond donors (Lipinski definition) is 0. The van der Waals surface area contributed by atoms with Crippen molar-refractivity contribution >= 4 is 49.6 Å². The van der Waals surface area contributed by atoms with Crippen LogP contribution in [0.15, 0.2) is 218 Å². The van der Waals surface area contributed by atoms with Gasteiger partial charge in [-0.1, -0.05) is 152 Å². The Kier molecular flexibility index (Phi) is 7.85. The summed E-state index contributed by atoms with van der Waals surface area (Å²) >= 11 is 0. The highest BCUT2D eigenvalue weighted by Crippen LogP contribution is 2.39. The number of nitrogens with zero attached hydrogens (tertiary/aromatic N) is 2. The highest BCUT2D eigenvalue weighted by Gasteiger charge is 2.16. The number of fused-ring (bicyclic) bond motifs is 4. The second-order valence-corrected chi connectivity index (χ2v) is 13.8. The molecule has 1 heterocycles. The molecule has 0 amide bonds. The van der Waals surface area contributed by atoms with E-state index in [1.807, 2.05) is 0 Å². The summed E-state index contributed by atoms with van der Waals surface area (Å²) < 4.78 is 2.40. The standard InChI is InChI=1S/C52H36N2/c1-3-12-37(13-4-1)39-22-28-45(29-23-39)53(48-19-11-18-42(34-48)38-14-5-2-6-15-38)46-30-24-40(25-31-46)41-26-32-47(33-27-41)54-51-21-10-9-20-49(51)50-35-43-16-7-8-17-44(43)36-52(50)54/h1-36H. The maximum Gasteiger partial charge on any atom is 0.0547 e. The molecule has 9 aromatic carbocycles. The van der Waals surface area contributed by atoms with Crippen LogP contribution in [-0.2, 0) is 0 Å². The zero-order chi connectivity index (χ0) is 35.8. The predicted octanol–water partition coefficient (Wildman–Crippen LogP) is 14.4. The van der Waals surface area contributed by atoms with Crippen LogP contribution in [0.25, 0.3) is 71.6 Å². The van der Waals surface area contributed by atoms with Gasteiger partial charge in [-0.25, -0.2) is 0 Å². The van der Waals surface area contributed by atoms with E-state index >= 15 is 0 Å². The molecular weight excluding hydrogens is 653 g/mol. The lowest BCUT2D eigenvalue weighted by Crippen LogP contribution is -2.10. The van der Waals surface area contributed by atoms with Gasteiger partial charge < -0.3 is 9.47 Å². The highest BCUT2D eigenvalue weighted by atomic mass is 15.1. The van der Waals surface area contributed by atoms with E-state index in [0.717, 1.165) is 22.7 Å². The predicted molar refractivity (Wildman–Crippen MR) is 229 cm³/mol. The summed E-state index contributed by atoms with van der Waals surface area (Å²) in [7, 11) is 0. The Bertz CT molecular complexity index is 2890. The summed E-state index contributed by atoms with van der Waals surface area (Å²) in [5.74, 6) is 0. The minimum absolute atomic E-state index is 1.10. The number of hydrogen-bond acceptors (Lipinski definition) is 1. The van der Waals surface area contributed by atoms with E-state index in [9.17, 15) is 0 Å². The highest BCUT2D eigenvalue weighted by molar-refractivity contribution is 6.13. The quantitative estimate of drug-likeness (QED) is 0.162. The van der Waals surface area contributed by atoms with Gasteiger partial charge in [-0.05, 0) is 111 Å². The number of aromatic nitrogens is 1. The van der Waals surface area contributed by atoms with Crippen molar-refractivity contribution in [1.29, 1.82) is 0 Å². The van der Waals surface area contributed by atoms with Gasteiger partial charge in [0.15, 0.2) is 0 Å². The zero-order valence-corrected chi connectivity index (χ0v) is 29.7. The van der Waals surface area contributed by atoms with Crippen molar-refractivity contribution in [3.8, 4) is 39.1 Å². The molecule has 0 fully saturated rings. The molecule has 0 saturated carbocycles. The molecule has 0 unspecified atom stereocenters. The Morgan fingerprint density at radius 2 is 0.759 bits per heavy atom. The Morgan fingerprint density at radius 3 is 1.39 bits per heavy atom. The van der Waals surface area contributed by atoms with Gasteiger partial charge in [-0.2, -0.15) is 0 Å². The van der Waals surface area contributed by atoms with Crippen LogP contribution in [0.5, 0.6) is 0 Å². The molecule has 10 rings (SSSR count). The largest absolute Gasteiger partial charge is 0.310 e. The summed E-state index contributed by atoms with van der Waals surface area (Å²) in [6.07, 6.45) is 0. The number of para-hydroxylation sites is 1. The van der Waals surface area contributed by atoms with Crippen molar-refractivity contribution < 1.29 is 0 Å². The van der Waals surface area contributed by atoms with Crippen LogP contribution in [0.2, 0.25) is 0 Å². The molecule has 2 nitrogen and oxygen atoms in total. The normalized spacial score (nSPS) is 11.3. The maximum absolute atomic E-state index is 2.40. The SMILES string of the molecule is c1ccc(-c2ccc(N(c3ccc(-c4ccc(-n5c6ccccc6c6cc7ccccc7cc65)cc4)cc3)c3cccc(-c4ccccc4)c3)cc2)cc1. The molecule has 0 atom stereocenters. The lowest BCUT2D eigenvalue weighted by atomic mass is 10.0. The molecule has 10 aromatic rings. The third kappa shape index (κ3) is 5.71. The first kappa shape index (κ1) is 31.6.